The Balaban J connectivity index is 1.46. The summed E-state index contributed by atoms with van der Waals surface area (Å²) < 4.78 is 1.97. The number of imidazole rings is 1. The largest absolute Gasteiger partial charge is 0.336 e. The van der Waals surface area contributed by atoms with Gasteiger partial charge in [-0.25, -0.2) is 9.78 Å². The number of carbonyl (C=O) groups is 1. The highest BCUT2D eigenvalue weighted by Crippen LogP contribution is 2.27. The van der Waals surface area contributed by atoms with Gasteiger partial charge < -0.3 is 14.8 Å². The summed E-state index contributed by atoms with van der Waals surface area (Å²) in [5.74, 6) is 0.569. The smallest absolute Gasteiger partial charge is 0.317 e. The molecule has 0 spiro atoms. The van der Waals surface area contributed by atoms with Crippen LogP contribution in [-0.2, 0) is 6.54 Å². The van der Waals surface area contributed by atoms with Gasteiger partial charge >= 0.3 is 6.03 Å². The Hall–Kier alpha value is -2.30. The van der Waals surface area contributed by atoms with Crippen LogP contribution < -0.4 is 5.32 Å². The van der Waals surface area contributed by atoms with Crippen LogP contribution in [0.2, 0.25) is 0 Å². The van der Waals surface area contributed by atoms with Gasteiger partial charge in [-0.1, -0.05) is 30.3 Å². The zero-order valence-corrected chi connectivity index (χ0v) is 13.4. The van der Waals surface area contributed by atoms with Crippen molar-refractivity contribution in [2.24, 2.45) is 0 Å². The lowest BCUT2D eigenvalue weighted by Crippen LogP contribution is -2.41. The minimum atomic E-state index is 0.0545. The highest BCUT2D eigenvalue weighted by Gasteiger charge is 2.21. The van der Waals surface area contributed by atoms with Gasteiger partial charge in [0.15, 0.2) is 0 Å². The second kappa shape index (κ2) is 7.81. The van der Waals surface area contributed by atoms with Crippen molar-refractivity contribution in [1.82, 2.24) is 19.8 Å². The van der Waals surface area contributed by atoms with Gasteiger partial charge in [-0.3, -0.25) is 0 Å². The third-order valence-electron chi connectivity index (χ3n) is 4.49. The number of nitrogens with one attached hydrogen (secondary N) is 1. The van der Waals surface area contributed by atoms with Crippen LogP contribution in [-0.4, -0.2) is 40.1 Å². The Morgan fingerprint density at radius 2 is 2.09 bits per heavy atom. The molecule has 1 saturated heterocycles. The standard InChI is InChI=1S/C18H24N4O/c23-18(20-10-14-21-13-9-19-15-21)22-11-4-7-17(8-12-22)16-5-2-1-3-6-16/h1-3,5-6,9,13,15,17H,4,7-8,10-12,14H2,(H,20,23). The highest BCUT2D eigenvalue weighted by molar-refractivity contribution is 5.74. The number of nitrogens with zero attached hydrogens (tertiary/aromatic N) is 3. The van der Waals surface area contributed by atoms with Gasteiger partial charge in [0, 0.05) is 38.6 Å². The minimum Gasteiger partial charge on any atom is -0.336 e. The molecular formula is C18H24N4O. The highest BCUT2D eigenvalue weighted by atomic mass is 16.2. The van der Waals surface area contributed by atoms with Gasteiger partial charge in [-0.15, -0.1) is 0 Å². The van der Waals surface area contributed by atoms with E-state index in [9.17, 15) is 4.79 Å². The van der Waals surface area contributed by atoms with E-state index in [0.29, 0.717) is 12.5 Å². The van der Waals surface area contributed by atoms with Crippen molar-refractivity contribution in [2.75, 3.05) is 19.6 Å². The average Bonchev–Trinajstić information content (AvgIpc) is 2.97. The molecule has 1 aromatic carbocycles. The summed E-state index contributed by atoms with van der Waals surface area (Å²) in [6.07, 6.45) is 8.68. The molecule has 1 fully saturated rings. The van der Waals surface area contributed by atoms with E-state index in [-0.39, 0.29) is 6.03 Å². The predicted octanol–water partition coefficient (Wildman–Crippen LogP) is 2.86. The second-order valence-corrected chi connectivity index (χ2v) is 6.06. The van der Waals surface area contributed by atoms with E-state index >= 15 is 0 Å². The molecule has 2 aromatic rings. The zero-order valence-electron chi connectivity index (χ0n) is 13.4. The average molecular weight is 312 g/mol. The van der Waals surface area contributed by atoms with Crippen LogP contribution in [0.5, 0.6) is 0 Å². The number of amides is 2. The number of likely N-dealkylation sites (tertiary alicyclic amines) is 1. The molecule has 5 heteroatoms. The first-order chi connectivity index (χ1) is 11.3. The van der Waals surface area contributed by atoms with Crippen LogP contribution in [0.1, 0.15) is 30.7 Å². The van der Waals surface area contributed by atoms with Crippen molar-refractivity contribution in [3.8, 4) is 0 Å². The first-order valence-corrected chi connectivity index (χ1v) is 8.36. The molecule has 0 bridgehead atoms. The number of carbonyl (C=O) groups excluding carboxylic acids is 1. The Morgan fingerprint density at radius 3 is 2.87 bits per heavy atom. The van der Waals surface area contributed by atoms with Crippen molar-refractivity contribution in [1.29, 1.82) is 0 Å². The molecule has 0 saturated carbocycles. The lowest BCUT2D eigenvalue weighted by atomic mass is 9.92. The van der Waals surface area contributed by atoms with Crippen LogP contribution in [0.25, 0.3) is 0 Å². The Morgan fingerprint density at radius 1 is 1.22 bits per heavy atom. The quantitative estimate of drug-likeness (QED) is 0.944. The SMILES string of the molecule is O=C(NCCn1ccnc1)N1CCCC(c2ccccc2)CC1. The molecule has 122 valence electrons. The topological polar surface area (TPSA) is 50.2 Å². The van der Waals surface area contributed by atoms with E-state index in [1.54, 1.807) is 12.5 Å². The summed E-state index contributed by atoms with van der Waals surface area (Å²) in [6.45, 7) is 3.07. The van der Waals surface area contributed by atoms with Gasteiger partial charge in [0.1, 0.15) is 0 Å². The Labute approximate surface area is 137 Å². The molecule has 5 nitrogen and oxygen atoms in total. The number of benzene rings is 1. The van der Waals surface area contributed by atoms with Crippen LogP contribution in [0.15, 0.2) is 49.1 Å². The van der Waals surface area contributed by atoms with E-state index in [1.165, 1.54) is 5.56 Å². The third-order valence-corrected chi connectivity index (χ3v) is 4.49. The summed E-state index contributed by atoms with van der Waals surface area (Å²) in [5, 5.41) is 3.01. The molecule has 2 amide bonds. The normalized spacial score (nSPS) is 18.4. The van der Waals surface area contributed by atoms with Gasteiger partial charge in [0.2, 0.25) is 0 Å². The molecule has 0 aliphatic carbocycles. The van der Waals surface area contributed by atoms with Crippen molar-refractivity contribution in [3.05, 3.63) is 54.6 Å². The second-order valence-electron chi connectivity index (χ2n) is 6.06. The predicted molar refractivity (Wildman–Crippen MR) is 90.2 cm³/mol. The molecule has 1 N–H and O–H groups in total. The lowest BCUT2D eigenvalue weighted by Gasteiger charge is -2.21. The number of aromatic nitrogens is 2. The zero-order chi connectivity index (χ0) is 15.9. The summed E-state index contributed by atoms with van der Waals surface area (Å²) in [4.78, 5) is 18.3. The van der Waals surface area contributed by atoms with Crippen LogP contribution >= 0.6 is 0 Å². The molecule has 3 rings (SSSR count). The number of hydrogen-bond acceptors (Lipinski definition) is 2. The van der Waals surface area contributed by atoms with Crippen LogP contribution in [0, 0.1) is 0 Å². The van der Waals surface area contributed by atoms with E-state index < -0.39 is 0 Å². The van der Waals surface area contributed by atoms with E-state index in [2.05, 4.69) is 40.6 Å². The molecule has 1 atom stereocenters. The molecule has 1 unspecified atom stereocenters. The van der Waals surface area contributed by atoms with Gasteiger partial charge in [-0.05, 0) is 30.7 Å². The summed E-state index contributed by atoms with van der Waals surface area (Å²) >= 11 is 0. The van der Waals surface area contributed by atoms with Crippen molar-refractivity contribution in [3.63, 3.8) is 0 Å². The number of rotatable bonds is 4. The minimum absolute atomic E-state index is 0.0545. The van der Waals surface area contributed by atoms with Crippen molar-refractivity contribution in [2.45, 2.75) is 31.7 Å². The van der Waals surface area contributed by atoms with Crippen LogP contribution in [0.4, 0.5) is 4.79 Å². The molecule has 1 aromatic heterocycles. The summed E-state index contributed by atoms with van der Waals surface area (Å²) in [5.41, 5.74) is 1.40. The van der Waals surface area contributed by atoms with Gasteiger partial charge in [0.05, 0.1) is 6.33 Å². The molecule has 2 heterocycles. The summed E-state index contributed by atoms with van der Waals surface area (Å²) in [7, 11) is 0. The molecule has 23 heavy (non-hydrogen) atoms. The monoisotopic (exact) mass is 312 g/mol. The maximum Gasteiger partial charge on any atom is 0.317 e. The maximum absolute atomic E-state index is 12.3. The molecular weight excluding hydrogens is 288 g/mol. The first kappa shape index (κ1) is 15.6. The Kier molecular flexibility index (Phi) is 5.29. The number of urea groups is 1. The molecule has 0 radical (unpaired) electrons. The fourth-order valence-electron chi connectivity index (χ4n) is 3.18. The van der Waals surface area contributed by atoms with E-state index in [1.807, 2.05) is 15.7 Å². The van der Waals surface area contributed by atoms with Crippen LogP contribution in [0.3, 0.4) is 0 Å². The van der Waals surface area contributed by atoms with Crippen molar-refractivity contribution < 1.29 is 4.79 Å². The van der Waals surface area contributed by atoms with Gasteiger partial charge in [0.25, 0.3) is 0 Å². The number of hydrogen-bond donors (Lipinski definition) is 1. The lowest BCUT2D eigenvalue weighted by molar-refractivity contribution is 0.199. The molecule has 1 aliphatic heterocycles. The summed E-state index contributed by atoms with van der Waals surface area (Å²) in [6, 6.07) is 10.7. The fraction of sp³-hybridized carbons (Fsp3) is 0.444. The first-order valence-electron chi connectivity index (χ1n) is 8.36. The fourth-order valence-corrected chi connectivity index (χ4v) is 3.18. The van der Waals surface area contributed by atoms with Gasteiger partial charge in [-0.2, -0.15) is 0 Å². The maximum atomic E-state index is 12.3. The Bertz CT molecular complexity index is 597. The molecule has 1 aliphatic rings. The third kappa shape index (κ3) is 4.34. The van der Waals surface area contributed by atoms with E-state index in [0.717, 1.165) is 38.9 Å². The van der Waals surface area contributed by atoms with Crippen molar-refractivity contribution >= 4 is 6.03 Å². The van der Waals surface area contributed by atoms with E-state index in [4.69, 9.17) is 0 Å².